The molecule has 0 fully saturated rings. The van der Waals surface area contributed by atoms with Crippen LogP contribution < -0.4 is 20.1 Å². The van der Waals surface area contributed by atoms with E-state index in [4.69, 9.17) is 9.47 Å². The van der Waals surface area contributed by atoms with Gasteiger partial charge in [0.2, 0.25) is 0 Å². The fourth-order valence-electron chi connectivity index (χ4n) is 2.43. The van der Waals surface area contributed by atoms with E-state index in [0.29, 0.717) is 28.6 Å². The van der Waals surface area contributed by atoms with Gasteiger partial charge in [0.15, 0.2) is 0 Å². The first-order valence-electron chi connectivity index (χ1n) is 8.11. The Morgan fingerprint density at radius 2 is 1.74 bits per heavy atom. The molecule has 0 aliphatic rings. The molecule has 1 amide bonds. The van der Waals surface area contributed by atoms with Crippen molar-refractivity contribution in [3.05, 3.63) is 72.3 Å². The highest BCUT2D eigenvalue weighted by Gasteiger charge is 2.11. The van der Waals surface area contributed by atoms with E-state index >= 15 is 0 Å². The zero-order valence-corrected chi connectivity index (χ0v) is 14.8. The number of carbonyl (C=O) groups excluding carboxylic acids is 1. The molecule has 3 aromatic rings. The van der Waals surface area contributed by atoms with Crippen molar-refractivity contribution in [2.75, 3.05) is 24.9 Å². The Bertz CT molecular complexity index is 945. The number of halogens is 1. The zero-order valence-electron chi connectivity index (χ0n) is 14.8. The van der Waals surface area contributed by atoms with Gasteiger partial charge in [-0.05, 0) is 48.5 Å². The average Bonchev–Trinajstić information content (AvgIpc) is 2.70. The van der Waals surface area contributed by atoms with E-state index in [1.807, 2.05) is 0 Å². The third kappa shape index (κ3) is 4.52. The van der Waals surface area contributed by atoms with Crippen LogP contribution in [0.5, 0.6) is 11.5 Å². The lowest BCUT2D eigenvalue weighted by Gasteiger charge is -2.13. The van der Waals surface area contributed by atoms with Crippen molar-refractivity contribution in [3.8, 4) is 11.5 Å². The van der Waals surface area contributed by atoms with Gasteiger partial charge < -0.3 is 20.1 Å². The summed E-state index contributed by atoms with van der Waals surface area (Å²) in [4.78, 5) is 16.5. The van der Waals surface area contributed by atoms with E-state index in [0.717, 1.165) is 0 Å². The number of hydrogen-bond acceptors (Lipinski definition) is 5. The second-order valence-corrected chi connectivity index (χ2v) is 5.58. The second-order valence-electron chi connectivity index (χ2n) is 5.58. The average molecular weight is 367 g/mol. The molecule has 0 radical (unpaired) electrons. The number of nitrogens with zero attached hydrogens (tertiary/aromatic N) is 1. The Balaban J connectivity index is 1.79. The second kappa shape index (κ2) is 8.18. The smallest absolute Gasteiger partial charge is 0.274 e. The molecule has 2 aromatic carbocycles. The van der Waals surface area contributed by atoms with Gasteiger partial charge in [-0.25, -0.2) is 4.39 Å². The maximum Gasteiger partial charge on any atom is 0.274 e. The molecule has 7 heteroatoms. The number of methoxy groups -OCH3 is 2. The van der Waals surface area contributed by atoms with Crippen LogP contribution in [0, 0.1) is 5.82 Å². The van der Waals surface area contributed by atoms with Crippen LogP contribution in [-0.4, -0.2) is 25.1 Å². The number of anilines is 3. The molecular formula is C20H18FN3O3. The lowest BCUT2D eigenvalue weighted by atomic mass is 10.2. The highest BCUT2D eigenvalue weighted by atomic mass is 19.1. The Labute approximate surface area is 156 Å². The first kappa shape index (κ1) is 18.2. The Morgan fingerprint density at radius 3 is 2.44 bits per heavy atom. The number of nitrogens with one attached hydrogen (secondary N) is 2. The molecule has 2 N–H and O–H groups in total. The monoisotopic (exact) mass is 367 g/mol. The van der Waals surface area contributed by atoms with E-state index in [1.54, 1.807) is 44.6 Å². The minimum atomic E-state index is -0.400. The number of aromatic nitrogens is 1. The van der Waals surface area contributed by atoms with E-state index in [2.05, 4.69) is 15.6 Å². The van der Waals surface area contributed by atoms with Crippen LogP contribution >= 0.6 is 0 Å². The summed E-state index contributed by atoms with van der Waals surface area (Å²) in [5.74, 6) is 0.527. The van der Waals surface area contributed by atoms with Crippen LogP contribution in [0.4, 0.5) is 21.5 Å². The lowest BCUT2D eigenvalue weighted by Crippen LogP contribution is -2.13. The van der Waals surface area contributed by atoms with E-state index in [1.165, 1.54) is 30.5 Å². The molecule has 6 nitrogen and oxygen atoms in total. The Morgan fingerprint density at radius 1 is 0.963 bits per heavy atom. The van der Waals surface area contributed by atoms with Gasteiger partial charge in [-0.3, -0.25) is 9.78 Å². The van der Waals surface area contributed by atoms with Gasteiger partial charge in [0, 0.05) is 23.6 Å². The summed E-state index contributed by atoms with van der Waals surface area (Å²) in [5, 5.41) is 5.87. The number of pyridine rings is 1. The van der Waals surface area contributed by atoms with E-state index < -0.39 is 5.91 Å². The normalized spacial score (nSPS) is 10.2. The van der Waals surface area contributed by atoms with Crippen molar-refractivity contribution in [2.45, 2.75) is 0 Å². The number of rotatable bonds is 6. The van der Waals surface area contributed by atoms with Gasteiger partial charge in [0.1, 0.15) is 23.0 Å². The first-order chi connectivity index (χ1) is 13.1. The maximum atomic E-state index is 13.0. The van der Waals surface area contributed by atoms with Crippen LogP contribution in [0.1, 0.15) is 10.5 Å². The van der Waals surface area contributed by atoms with Gasteiger partial charge in [-0.2, -0.15) is 0 Å². The third-order valence-corrected chi connectivity index (χ3v) is 3.78. The first-order valence-corrected chi connectivity index (χ1v) is 8.11. The van der Waals surface area contributed by atoms with Gasteiger partial charge in [-0.1, -0.05) is 0 Å². The molecule has 0 unspecified atom stereocenters. The molecule has 1 aromatic heterocycles. The molecule has 0 aliphatic heterocycles. The quantitative estimate of drug-likeness (QED) is 0.682. The maximum absolute atomic E-state index is 13.0. The summed E-state index contributed by atoms with van der Waals surface area (Å²) in [6, 6.07) is 14.2. The fraction of sp³-hybridized carbons (Fsp3) is 0.100. The molecule has 0 spiro atoms. The molecule has 0 bridgehead atoms. The molecule has 3 rings (SSSR count). The van der Waals surface area contributed by atoms with Crippen LogP contribution in [0.2, 0.25) is 0 Å². The van der Waals surface area contributed by atoms with Crippen molar-refractivity contribution >= 4 is 23.0 Å². The molecule has 0 saturated carbocycles. The summed E-state index contributed by atoms with van der Waals surface area (Å²) in [6.07, 6.45) is 1.52. The molecule has 1 heterocycles. The van der Waals surface area contributed by atoms with Gasteiger partial charge >= 0.3 is 0 Å². The predicted octanol–water partition coefficient (Wildman–Crippen LogP) is 4.23. The predicted molar refractivity (Wildman–Crippen MR) is 101 cm³/mol. The molecule has 0 saturated heterocycles. The van der Waals surface area contributed by atoms with Crippen molar-refractivity contribution in [3.63, 3.8) is 0 Å². The van der Waals surface area contributed by atoms with Crippen molar-refractivity contribution < 1.29 is 18.7 Å². The highest BCUT2D eigenvalue weighted by Crippen LogP contribution is 2.31. The molecule has 0 aliphatic carbocycles. The Hall–Kier alpha value is -3.61. The van der Waals surface area contributed by atoms with Crippen LogP contribution in [0.15, 0.2) is 60.8 Å². The summed E-state index contributed by atoms with van der Waals surface area (Å²) in [6.45, 7) is 0. The summed E-state index contributed by atoms with van der Waals surface area (Å²) in [7, 11) is 3.15. The van der Waals surface area contributed by atoms with Crippen LogP contribution in [0.25, 0.3) is 0 Å². The fourth-order valence-corrected chi connectivity index (χ4v) is 2.43. The number of carbonyl (C=O) groups is 1. The zero-order chi connectivity index (χ0) is 19.2. The number of hydrogen-bond donors (Lipinski definition) is 2. The standard InChI is InChI=1S/C20H18FN3O3/c1-26-16-7-8-19(27-2)17(12-16)23-15-9-10-22-18(11-15)20(25)24-14-5-3-13(21)4-6-14/h3-12H,1-2H3,(H,22,23)(H,24,25). The third-order valence-electron chi connectivity index (χ3n) is 3.78. The lowest BCUT2D eigenvalue weighted by molar-refractivity contribution is 0.102. The SMILES string of the molecule is COc1ccc(OC)c(Nc2ccnc(C(=O)Nc3ccc(F)cc3)c2)c1. The van der Waals surface area contributed by atoms with E-state index in [-0.39, 0.29) is 11.5 Å². The highest BCUT2D eigenvalue weighted by molar-refractivity contribution is 6.03. The number of amides is 1. The molecule has 27 heavy (non-hydrogen) atoms. The van der Waals surface area contributed by atoms with Crippen molar-refractivity contribution in [2.24, 2.45) is 0 Å². The van der Waals surface area contributed by atoms with Crippen molar-refractivity contribution in [1.29, 1.82) is 0 Å². The summed E-state index contributed by atoms with van der Waals surface area (Å²) in [5.41, 5.74) is 2.04. The molecular weight excluding hydrogens is 349 g/mol. The van der Waals surface area contributed by atoms with Gasteiger partial charge in [-0.15, -0.1) is 0 Å². The largest absolute Gasteiger partial charge is 0.497 e. The van der Waals surface area contributed by atoms with Crippen LogP contribution in [0.3, 0.4) is 0 Å². The van der Waals surface area contributed by atoms with Gasteiger partial charge in [0.05, 0.1) is 19.9 Å². The molecule has 0 atom stereocenters. The molecule has 138 valence electrons. The van der Waals surface area contributed by atoms with Gasteiger partial charge in [0.25, 0.3) is 5.91 Å². The number of ether oxygens (including phenoxy) is 2. The van der Waals surface area contributed by atoms with Crippen LogP contribution in [-0.2, 0) is 0 Å². The number of benzene rings is 2. The topological polar surface area (TPSA) is 72.5 Å². The van der Waals surface area contributed by atoms with Crippen molar-refractivity contribution in [1.82, 2.24) is 4.98 Å². The van der Waals surface area contributed by atoms with E-state index in [9.17, 15) is 9.18 Å². The summed E-state index contributed by atoms with van der Waals surface area (Å²) >= 11 is 0. The summed E-state index contributed by atoms with van der Waals surface area (Å²) < 4.78 is 23.5. The Kier molecular flexibility index (Phi) is 5.51. The minimum absolute atomic E-state index is 0.214. The minimum Gasteiger partial charge on any atom is -0.497 e.